The Bertz CT molecular complexity index is 763. The van der Waals surface area contributed by atoms with E-state index < -0.39 is 17.5 Å². The maximum Gasteiger partial charge on any atom is 0.349 e. The monoisotopic (exact) mass is 303 g/mol. The first-order chi connectivity index (χ1) is 10.5. The number of hydrogen-bond acceptors (Lipinski definition) is 5. The van der Waals surface area contributed by atoms with Gasteiger partial charge in [0.05, 0.1) is 0 Å². The van der Waals surface area contributed by atoms with E-state index in [1.807, 2.05) is 6.92 Å². The van der Waals surface area contributed by atoms with Gasteiger partial charge in [-0.15, -0.1) is 0 Å². The minimum Gasteiger partial charge on any atom is -0.427 e. The Hall–Kier alpha value is -2.63. The Kier molecular flexibility index (Phi) is 4.93. The highest BCUT2D eigenvalue weighted by molar-refractivity contribution is 5.96. The molecule has 2 rings (SSSR count). The zero-order valence-electron chi connectivity index (χ0n) is 12.5. The van der Waals surface area contributed by atoms with Gasteiger partial charge in [0, 0.05) is 24.9 Å². The van der Waals surface area contributed by atoms with Gasteiger partial charge in [-0.05, 0) is 24.6 Å². The summed E-state index contributed by atoms with van der Waals surface area (Å²) >= 11 is 0. The fourth-order valence-corrected chi connectivity index (χ4v) is 1.95. The molecule has 0 bridgehead atoms. The summed E-state index contributed by atoms with van der Waals surface area (Å²) in [6.45, 7) is 3.81. The second-order valence-corrected chi connectivity index (χ2v) is 4.85. The third kappa shape index (κ3) is 3.72. The molecule has 6 heteroatoms. The van der Waals surface area contributed by atoms with Gasteiger partial charge in [-0.3, -0.25) is 9.59 Å². The summed E-state index contributed by atoms with van der Waals surface area (Å²) in [5.74, 6) is -0.634. The van der Waals surface area contributed by atoms with Crippen LogP contribution in [0.3, 0.4) is 0 Å². The Labute approximate surface area is 127 Å². The van der Waals surface area contributed by atoms with Gasteiger partial charge in [-0.2, -0.15) is 0 Å². The van der Waals surface area contributed by atoms with E-state index in [-0.39, 0.29) is 16.9 Å². The predicted octanol–water partition coefficient (Wildman–Crippen LogP) is 2.25. The second kappa shape index (κ2) is 6.89. The molecule has 6 nitrogen and oxygen atoms in total. The number of esters is 1. The smallest absolute Gasteiger partial charge is 0.349 e. The Morgan fingerprint density at radius 1 is 1.27 bits per heavy atom. The molecule has 0 unspecified atom stereocenters. The summed E-state index contributed by atoms with van der Waals surface area (Å²) in [5.41, 5.74) is -0.501. The molecule has 0 aliphatic carbocycles. The van der Waals surface area contributed by atoms with Crippen LogP contribution in [0, 0.1) is 0 Å². The Balaban J connectivity index is 2.31. The van der Waals surface area contributed by atoms with E-state index in [1.54, 1.807) is 12.1 Å². The number of amides is 1. The number of carbonyl (C=O) groups is 2. The fourth-order valence-electron chi connectivity index (χ4n) is 1.95. The summed E-state index contributed by atoms with van der Waals surface area (Å²) in [6, 6.07) is 6.11. The molecule has 0 aliphatic rings. The molecule has 0 fully saturated rings. The SMILES string of the molecule is CCCCNC(=O)c1cc2ccc(OC(C)=O)cc2oc1=O. The van der Waals surface area contributed by atoms with E-state index in [2.05, 4.69) is 5.32 Å². The average Bonchev–Trinajstić information content (AvgIpc) is 2.46. The number of carbonyl (C=O) groups excluding carboxylic acids is 2. The zero-order valence-corrected chi connectivity index (χ0v) is 12.5. The fraction of sp³-hybridized carbons (Fsp3) is 0.312. The average molecular weight is 303 g/mol. The maximum atomic E-state index is 12.0. The molecule has 0 saturated heterocycles. The zero-order chi connectivity index (χ0) is 16.1. The van der Waals surface area contributed by atoms with Gasteiger partial charge in [-0.1, -0.05) is 13.3 Å². The highest BCUT2D eigenvalue weighted by atomic mass is 16.5. The van der Waals surface area contributed by atoms with Gasteiger partial charge in [0.1, 0.15) is 16.9 Å². The van der Waals surface area contributed by atoms with E-state index in [1.165, 1.54) is 19.1 Å². The van der Waals surface area contributed by atoms with E-state index in [0.717, 1.165) is 12.8 Å². The largest absolute Gasteiger partial charge is 0.427 e. The van der Waals surface area contributed by atoms with Crippen molar-refractivity contribution in [2.75, 3.05) is 6.54 Å². The van der Waals surface area contributed by atoms with Crippen molar-refractivity contribution in [2.45, 2.75) is 26.7 Å². The standard InChI is InChI=1S/C16H17NO5/c1-3-4-7-17-15(19)13-8-11-5-6-12(21-10(2)18)9-14(11)22-16(13)20/h5-6,8-9H,3-4,7H2,1-2H3,(H,17,19). The molecule has 1 aromatic heterocycles. The number of rotatable bonds is 5. The van der Waals surface area contributed by atoms with Crippen LogP contribution in [0.2, 0.25) is 0 Å². The normalized spacial score (nSPS) is 10.5. The number of ether oxygens (including phenoxy) is 1. The number of hydrogen-bond donors (Lipinski definition) is 1. The molecule has 0 saturated carbocycles. The molecule has 0 aliphatic heterocycles. The van der Waals surface area contributed by atoms with Crippen LogP contribution in [0.15, 0.2) is 33.5 Å². The summed E-state index contributed by atoms with van der Waals surface area (Å²) < 4.78 is 10.1. The topological polar surface area (TPSA) is 85.6 Å². The van der Waals surface area contributed by atoms with Crippen molar-refractivity contribution in [2.24, 2.45) is 0 Å². The van der Waals surface area contributed by atoms with Gasteiger partial charge >= 0.3 is 11.6 Å². The highest BCUT2D eigenvalue weighted by Gasteiger charge is 2.13. The molecule has 0 radical (unpaired) electrons. The van der Waals surface area contributed by atoms with E-state index in [0.29, 0.717) is 11.9 Å². The molecule has 22 heavy (non-hydrogen) atoms. The molecule has 0 atom stereocenters. The van der Waals surface area contributed by atoms with Gasteiger partial charge in [-0.25, -0.2) is 4.79 Å². The Morgan fingerprint density at radius 3 is 2.73 bits per heavy atom. The molecular formula is C16H17NO5. The first kappa shape index (κ1) is 15.8. The quantitative estimate of drug-likeness (QED) is 0.396. The third-order valence-corrected chi connectivity index (χ3v) is 3.03. The van der Waals surface area contributed by atoms with Crippen molar-refractivity contribution >= 4 is 22.8 Å². The van der Waals surface area contributed by atoms with Crippen LogP contribution in [0.1, 0.15) is 37.0 Å². The van der Waals surface area contributed by atoms with Gasteiger partial charge < -0.3 is 14.5 Å². The summed E-state index contributed by atoms with van der Waals surface area (Å²) in [5, 5.41) is 3.25. The lowest BCUT2D eigenvalue weighted by Gasteiger charge is -2.05. The number of nitrogens with one attached hydrogen (secondary N) is 1. The molecule has 1 amide bonds. The van der Waals surface area contributed by atoms with Crippen molar-refractivity contribution in [3.8, 4) is 5.75 Å². The maximum absolute atomic E-state index is 12.0. The van der Waals surface area contributed by atoms with Crippen LogP contribution < -0.4 is 15.7 Å². The van der Waals surface area contributed by atoms with Crippen LogP contribution in [-0.2, 0) is 4.79 Å². The summed E-state index contributed by atoms with van der Waals surface area (Å²) in [7, 11) is 0. The molecule has 1 aromatic carbocycles. The highest BCUT2D eigenvalue weighted by Crippen LogP contribution is 2.20. The van der Waals surface area contributed by atoms with Gasteiger partial charge in [0.2, 0.25) is 0 Å². The van der Waals surface area contributed by atoms with Crippen LogP contribution in [0.25, 0.3) is 11.0 Å². The predicted molar refractivity (Wildman–Crippen MR) is 81.0 cm³/mol. The van der Waals surface area contributed by atoms with E-state index in [9.17, 15) is 14.4 Å². The summed E-state index contributed by atoms with van der Waals surface area (Å²) in [4.78, 5) is 34.8. The first-order valence-corrected chi connectivity index (χ1v) is 7.05. The molecule has 0 spiro atoms. The molecule has 1 N–H and O–H groups in total. The lowest BCUT2D eigenvalue weighted by Crippen LogP contribution is -2.28. The van der Waals surface area contributed by atoms with Crippen molar-refractivity contribution in [3.05, 3.63) is 40.2 Å². The van der Waals surface area contributed by atoms with Crippen molar-refractivity contribution < 1.29 is 18.7 Å². The first-order valence-electron chi connectivity index (χ1n) is 7.05. The molecule has 1 heterocycles. The van der Waals surface area contributed by atoms with Crippen LogP contribution in [0.4, 0.5) is 0 Å². The van der Waals surface area contributed by atoms with Crippen LogP contribution in [-0.4, -0.2) is 18.4 Å². The van der Waals surface area contributed by atoms with E-state index in [4.69, 9.17) is 9.15 Å². The van der Waals surface area contributed by atoms with Crippen molar-refractivity contribution in [1.29, 1.82) is 0 Å². The van der Waals surface area contributed by atoms with E-state index >= 15 is 0 Å². The minimum atomic E-state index is -0.721. The lowest BCUT2D eigenvalue weighted by molar-refractivity contribution is -0.131. The van der Waals surface area contributed by atoms with Crippen LogP contribution in [0.5, 0.6) is 5.75 Å². The van der Waals surface area contributed by atoms with Gasteiger partial charge in [0.15, 0.2) is 0 Å². The Morgan fingerprint density at radius 2 is 2.05 bits per heavy atom. The molecule has 116 valence electrons. The van der Waals surface area contributed by atoms with Gasteiger partial charge in [0.25, 0.3) is 5.91 Å². The van der Waals surface area contributed by atoms with Crippen LogP contribution >= 0.6 is 0 Å². The van der Waals surface area contributed by atoms with Crippen molar-refractivity contribution in [3.63, 3.8) is 0 Å². The number of benzene rings is 1. The third-order valence-electron chi connectivity index (χ3n) is 3.03. The van der Waals surface area contributed by atoms with Crippen molar-refractivity contribution in [1.82, 2.24) is 5.32 Å². The summed E-state index contributed by atoms with van der Waals surface area (Å²) in [6.07, 6.45) is 1.79. The lowest BCUT2D eigenvalue weighted by atomic mass is 10.1. The minimum absolute atomic E-state index is 0.0381. The molecular weight excluding hydrogens is 286 g/mol. The number of fused-ring (bicyclic) bond motifs is 1. The molecule has 2 aromatic rings. The second-order valence-electron chi connectivity index (χ2n) is 4.85. The number of unbranched alkanes of at least 4 members (excludes halogenated alkanes) is 1.